The Morgan fingerprint density at radius 1 is 0.981 bits per heavy atom. The number of aliphatic hydroxyl groups excluding tert-OH is 1. The number of hydrogen-bond donors (Lipinski definition) is 3. The Balaban J connectivity index is 1.37. The molecule has 0 saturated heterocycles. The van der Waals surface area contributed by atoms with Gasteiger partial charge < -0.3 is 34.7 Å². The zero-order chi connectivity index (χ0) is 38.4. The lowest BCUT2D eigenvalue weighted by Gasteiger charge is -2.50. The molecule has 0 unspecified atom stereocenters. The SMILES string of the molecule is C=CCN(CC=C)[C@@H]1c2onc(OCc3ccccc3)c2C(=O)[C@@]2(O)C(O)=C3C(=O)c4c(c(OC(F)(F)F)cc(N)c4OCc4ccccc4)C[C@H]3C[C@@H]12. The highest BCUT2D eigenvalue weighted by atomic mass is 19.4. The number of nitrogens with two attached hydrogens (primary N) is 1. The molecule has 1 aromatic heterocycles. The third kappa shape index (κ3) is 6.30. The van der Waals surface area contributed by atoms with E-state index in [2.05, 4.69) is 23.1 Å². The molecular formula is C40H36F3N3O8. The number of benzene rings is 3. The smallest absolute Gasteiger partial charge is 0.508 e. The van der Waals surface area contributed by atoms with Crippen LogP contribution in [0.4, 0.5) is 18.9 Å². The van der Waals surface area contributed by atoms with Crippen molar-refractivity contribution in [2.45, 2.75) is 44.1 Å². The van der Waals surface area contributed by atoms with Crippen LogP contribution >= 0.6 is 0 Å². The monoisotopic (exact) mass is 743 g/mol. The number of anilines is 1. The number of ether oxygens (including phenoxy) is 3. The van der Waals surface area contributed by atoms with E-state index in [-0.39, 0.29) is 84.5 Å². The van der Waals surface area contributed by atoms with E-state index in [9.17, 15) is 33.0 Å². The number of alkyl halides is 3. The number of rotatable bonds is 12. The lowest BCUT2D eigenvalue weighted by Crippen LogP contribution is -2.60. The second kappa shape index (κ2) is 14.2. The molecule has 280 valence electrons. The van der Waals surface area contributed by atoms with Crippen molar-refractivity contribution in [1.82, 2.24) is 10.1 Å². The minimum atomic E-state index is -5.14. The van der Waals surface area contributed by atoms with Crippen LogP contribution in [0.3, 0.4) is 0 Å². The number of carbonyl (C=O) groups excluding carboxylic acids is 2. The minimum absolute atomic E-state index is 0.0113. The van der Waals surface area contributed by atoms with Crippen molar-refractivity contribution in [2.24, 2.45) is 11.8 Å². The van der Waals surface area contributed by atoms with E-state index in [0.717, 1.165) is 11.6 Å². The molecule has 3 aliphatic carbocycles. The molecule has 0 fully saturated rings. The second-order valence-corrected chi connectivity index (χ2v) is 13.4. The Morgan fingerprint density at radius 3 is 2.19 bits per heavy atom. The summed E-state index contributed by atoms with van der Waals surface area (Å²) in [5.41, 5.74) is 3.51. The quantitative estimate of drug-likeness (QED) is 0.103. The van der Waals surface area contributed by atoms with E-state index in [4.69, 9.17) is 19.7 Å². The second-order valence-electron chi connectivity index (χ2n) is 13.4. The highest BCUT2D eigenvalue weighted by Gasteiger charge is 2.64. The molecule has 4 aromatic rings. The largest absolute Gasteiger partial charge is 0.573 e. The van der Waals surface area contributed by atoms with E-state index in [1.165, 1.54) is 0 Å². The van der Waals surface area contributed by atoms with Gasteiger partial charge in [-0.1, -0.05) is 72.8 Å². The first-order valence-electron chi connectivity index (χ1n) is 17.1. The first kappa shape index (κ1) is 36.5. The Hall–Kier alpha value is -5.86. The molecule has 0 saturated carbocycles. The van der Waals surface area contributed by atoms with E-state index in [0.29, 0.717) is 5.56 Å². The van der Waals surface area contributed by atoms with Crippen molar-refractivity contribution in [3.05, 3.63) is 137 Å². The number of Topliss-reactive ketones (excluding diaryl/α,β-unsaturated/α-hetero) is 2. The summed E-state index contributed by atoms with van der Waals surface area (Å²) in [6.07, 6.45) is -2.37. The van der Waals surface area contributed by atoms with Crippen LogP contribution in [0.5, 0.6) is 17.4 Å². The standard InChI is InChI=1S/C40H36F3N3O8/c1-3-15-46(16-4-2)32-26-18-24-17-25-28(53-40(41,42)43)19-27(44)34(51-20-22-11-7-5-8-12-22)30(25)33(47)29(24)36(48)39(26,50)37(49)31-35(32)54-45-38(31)52-21-23-13-9-6-10-14-23/h3-14,19,24,26,32,48,50H,1-2,15-18,20-21,44H2/t24-,26-,32-,39-/m0/s1. The summed E-state index contributed by atoms with van der Waals surface area (Å²) in [6, 6.07) is 17.8. The first-order valence-corrected chi connectivity index (χ1v) is 17.1. The molecule has 0 aliphatic heterocycles. The maximum Gasteiger partial charge on any atom is 0.573 e. The number of ketones is 2. The van der Waals surface area contributed by atoms with Crippen LogP contribution in [0.1, 0.15) is 55.6 Å². The van der Waals surface area contributed by atoms with Crippen LogP contribution in [-0.4, -0.2) is 56.9 Å². The van der Waals surface area contributed by atoms with E-state index < -0.39 is 52.9 Å². The summed E-state index contributed by atoms with van der Waals surface area (Å²) in [5.74, 6) is -6.22. The summed E-state index contributed by atoms with van der Waals surface area (Å²) in [4.78, 5) is 31.0. The highest BCUT2D eigenvalue weighted by molar-refractivity contribution is 6.17. The van der Waals surface area contributed by atoms with Crippen molar-refractivity contribution in [2.75, 3.05) is 18.8 Å². The van der Waals surface area contributed by atoms with Crippen molar-refractivity contribution in [3.63, 3.8) is 0 Å². The van der Waals surface area contributed by atoms with Crippen LogP contribution in [0.2, 0.25) is 0 Å². The van der Waals surface area contributed by atoms with Gasteiger partial charge in [0, 0.05) is 36.2 Å². The number of nitrogen functional groups attached to an aromatic ring is 1. The Bertz CT molecular complexity index is 2140. The number of carbonyl (C=O) groups is 2. The van der Waals surface area contributed by atoms with Crippen LogP contribution in [0, 0.1) is 11.8 Å². The first-order chi connectivity index (χ1) is 25.9. The molecule has 14 heteroatoms. The summed E-state index contributed by atoms with van der Waals surface area (Å²) >= 11 is 0. The zero-order valence-corrected chi connectivity index (χ0v) is 28.8. The van der Waals surface area contributed by atoms with Crippen molar-refractivity contribution in [1.29, 1.82) is 0 Å². The van der Waals surface area contributed by atoms with Gasteiger partial charge in [0.25, 0.3) is 5.88 Å². The van der Waals surface area contributed by atoms with Crippen molar-refractivity contribution < 1.29 is 51.7 Å². The Kier molecular flexibility index (Phi) is 9.58. The number of allylic oxidation sites excluding steroid dienone is 1. The normalized spacial score (nSPS) is 21.8. The summed E-state index contributed by atoms with van der Waals surface area (Å²) in [5, 5.41) is 28.8. The summed E-state index contributed by atoms with van der Waals surface area (Å²) in [6.45, 7) is 7.96. The van der Waals surface area contributed by atoms with E-state index in [1.807, 2.05) is 6.07 Å². The molecule has 0 bridgehead atoms. The van der Waals surface area contributed by atoms with Gasteiger partial charge in [-0.3, -0.25) is 14.5 Å². The number of aliphatic hydroxyl groups is 2. The number of fused-ring (bicyclic) bond motifs is 4. The Labute approximate surface area is 307 Å². The zero-order valence-electron chi connectivity index (χ0n) is 28.8. The van der Waals surface area contributed by atoms with Gasteiger partial charge in [0.2, 0.25) is 5.78 Å². The van der Waals surface area contributed by atoms with Crippen LogP contribution in [0.15, 0.2) is 108 Å². The minimum Gasteiger partial charge on any atom is -0.508 e. The number of nitrogens with zero attached hydrogens (tertiary/aromatic N) is 2. The molecule has 0 amide bonds. The fourth-order valence-electron chi connectivity index (χ4n) is 7.85. The average molecular weight is 744 g/mol. The fourth-order valence-corrected chi connectivity index (χ4v) is 7.85. The molecule has 11 nitrogen and oxygen atoms in total. The molecule has 1 heterocycles. The molecule has 3 aliphatic rings. The number of hydrogen-bond acceptors (Lipinski definition) is 11. The molecule has 54 heavy (non-hydrogen) atoms. The van der Waals surface area contributed by atoms with Gasteiger partial charge in [0.05, 0.1) is 17.3 Å². The molecule has 4 N–H and O–H groups in total. The van der Waals surface area contributed by atoms with Gasteiger partial charge in [0.15, 0.2) is 22.9 Å². The lowest BCUT2D eigenvalue weighted by atomic mass is 9.58. The lowest BCUT2D eigenvalue weighted by molar-refractivity contribution is -0.274. The van der Waals surface area contributed by atoms with Gasteiger partial charge >= 0.3 is 6.36 Å². The summed E-state index contributed by atoms with van der Waals surface area (Å²) < 4.78 is 63.3. The molecule has 0 radical (unpaired) electrons. The average Bonchev–Trinajstić information content (AvgIpc) is 3.56. The van der Waals surface area contributed by atoms with Crippen molar-refractivity contribution >= 4 is 17.3 Å². The van der Waals surface area contributed by atoms with E-state index >= 15 is 0 Å². The molecule has 0 spiro atoms. The van der Waals surface area contributed by atoms with Gasteiger partial charge in [-0.25, -0.2) is 0 Å². The third-order valence-corrected chi connectivity index (χ3v) is 10.1. The van der Waals surface area contributed by atoms with Crippen LogP contribution < -0.4 is 19.9 Å². The topological polar surface area (TPSA) is 158 Å². The fraction of sp³-hybridized carbons (Fsp3) is 0.275. The molecule has 3 aromatic carbocycles. The Morgan fingerprint density at radius 2 is 1.59 bits per heavy atom. The molecule has 7 rings (SSSR count). The van der Waals surface area contributed by atoms with Crippen LogP contribution in [0.25, 0.3) is 0 Å². The van der Waals surface area contributed by atoms with E-state index in [1.54, 1.807) is 71.6 Å². The maximum atomic E-state index is 14.6. The predicted molar refractivity (Wildman–Crippen MR) is 189 cm³/mol. The maximum absolute atomic E-state index is 14.6. The van der Waals surface area contributed by atoms with Crippen molar-refractivity contribution in [3.8, 4) is 17.4 Å². The highest BCUT2D eigenvalue weighted by Crippen LogP contribution is 2.58. The third-order valence-electron chi connectivity index (χ3n) is 10.1. The number of halogens is 3. The van der Waals surface area contributed by atoms with Crippen LogP contribution in [-0.2, 0) is 19.6 Å². The van der Waals surface area contributed by atoms with Gasteiger partial charge in [-0.2, -0.15) is 0 Å². The number of aromatic nitrogens is 1. The van der Waals surface area contributed by atoms with Gasteiger partial charge in [-0.05, 0) is 35.0 Å². The summed E-state index contributed by atoms with van der Waals surface area (Å²) in [7, 11) is 0. The van der Waals surface area contributed by atoms with Gasteiger partial charge in [0.1, 0.15) is 30.3 Å². The van der Waals surface area contributed by atoms with Gasteiger partial charge in [-0.15, -0.1) is 26.3 Å². The predicted octanol–water partition coefficient (Wildman–Crippen LogP) is 6.84. The molecule has 4 atom stereocenters. The molecular weight excluding hydrogens is 707 g/mol.